The van der Waals surface area contributed by atoms with E-state index in [4.69, 9.17) is 5.73 Å². The lowest BCUT2D eigenvalue weighted by Crippen LogP contribution is -2.29. The van der Waals surface area contributed by atoms with Crippen LogP contribution in [0.2, 0.25) is 0 Å². The van der Waals surface area contributed by atoms with Gasteiger partial charge in [0.25, 0.3) is 0 Å². The summed E-state index contributed by atoms with van der Waals surface area (Å²) in [5, 5.41) is 0. The van der Waals surface area contributed by atoms with Crippen molar-refractivity contribution >= 4 is 0 Å². The molecule has 1 heteroatoms. The first-order valence-electron chi connectivity index (χ1n) is 4.29. The Labute approximate surface area is 64.0 Å². The van der Waals surface area contributed by atoms with Gasteiger partial charge in [0.1, 0.15) is 0 Å². The molecule has 1 saturated carbocycles. The SMILES string of the molecule is CC(CN)C(C)(C)C1CC1. The summed E-state index contributed by atoms with van der Waals surface area (Å²) in [7, 11) is 0. The number of nitrogens with two attached hydrogens (primary N) is 1. The van der Waals surface area contributed by atoms with Gasteiger partial charge in [-0.3, -0.25) is 0 Å². The summed E-state index contributed by atoms with van der Waals surface area (Å²) < 4.78 is 0. The Kier molecular flexibility index (Phi) is 2.04. The van der Waals surface area contributed by atoms with Crippen LogP contribution in [0.1, 0.15) is 33.6 Å². The van der Waals surface area contributed by atoms with E-state index in [-0.39, 0.29) is 0 Å². The summed E-state index contributed by atoms with van der Waals surface area (Å²) in [6.45, 7) is 7.80. The summed E-state index contributed by atoms with van der Waals surface area (Å²) in [6.07, 6.45) is 2.86. The molecule has 0 bridgehead atoms. The molecule has 0 heterocycles. The van der Waals surface area contributed by atoms with E-state index < -0.39 is 0 Å². The van der Waals surface area contributed by atoms with Crippen molar-refractivity contribution in [3.8, 4) is 0 Å². The Bertz CT molecular complexity index is 114. The molecule has 0 amide bonds. The fraction of sp³-hybridized carbons (Fsp3) is 1.00. The third-order valence-electron chi connectivity index (χ3n) is 3.25. The van der Waals surface area contributed by atoms with Crippen LogP contribution in [-0.4, -0.2) is 6.54 Å². The van der Waals surface area contributed by atoms with Crippen molar-refractivity contribution in [1.82, 2.24) is 0 Å². The van der Waals surface area contributed by atoms with Crippen molar-refractivity contribution in [2.45, 2.75) is 33.6 Å². The second-order valence-electron chi connectivity index (χ2n) is 4.23. The van der Waals surface area contributed by atoms with Gasteiger partial charge >= 0.3 is 0 Å². The lowest BCUT2D eigenvalue weighted by molar-refractivity contribution is 0.197. The molecule has 0 spiro atoms. The average Bonchev–Trinajstić information content (AvgIpc) is 2.66. The minimum Gasteiger partial charge on any atom is -0.330 e. The van der Waals surface area contributed by atoms with Crippen LogP contribution in [-0.2, 0) is 0 Å². The molecular weight excluding hydrogens is 122 g/mol. The van der Waals surface area contributed by atoms with Crippen LogP contribution < -0.4 is 5.73 Å². The molecule has 2 N–H and O–H groups in total. The molecule has 1 atom stereocenters. The monoisotopic (exact) mass is 141 g/mol. The topological polar surface area (TPSA) is 26.0 Å². The summed E-state index contributed by atoms with van der Waals surface area (Å²) >= 11 is 0. The summed E-state index contributed by atoms with van der Waals surface area (Å²) in [5.41, 5.74) is 6.12. The van der Waals surface area contributed by atoms with E-state index in [9.17, 15) is 0 Å². The first-order valence-corrected chi connectivity index (χ1v) is 4.29. The van der Waals surface area contributed by atoms with E-state index in [2.05, 4.69) is 20.8 Å². The molecule has 1 fully saturated rings. The standard InChI is InChI=1S/C9H19N/c1-7(6-10)9(2,3)8-4-5-8/h7-8H,4-6,10H2,1-3H3. The molecule has 0 saturated heterocycles. The van der Waals surface area contributed by atoms with Crippen molar-refractivity contribution < 1.29 is 0 Å². The molecule has 10 heavy (non-hydrogen) atoms. The highest BCUT2D eigenvalue weighted by atomic mass is 14.6. The van der Waals surface area contributed by atoms with E-state index >= 15 is 0 Å². The third kappa shape index (κ3) is 1.34. The van der Waals surface area contributed by atoms with Crippen LogP contribution in [0.3, 0.4) is 0 Å². The van der Waals surface area contributed by atoms with Crippen LogP contribution in [0, 0.1) is 17.3 Å². The zero-order valence-corrected chi connectivity index (χ0v) is 7.35. The number of hydrogen-bond acceptors (Lipinski definition) is 1. The van der Waals surface area contributed by atoms with Crippen molar-refractivity contribution in [2.75, 3.05) is 6.54 Å². The van der Waals surface area contributed by atoms with Gasteiger partial charge in [-0.15, -0.1) is 0 Å². The van der Waals surface area contributed by atoms with E-state index in [0.717, 1.165) is 12.5 Å². The number of hydrogen-bond donors (Lipinski definition) is 1. The van der Waals surface area contributed by atoms with Gasteiger partial charge in [0, 0.05) is 0 Å². The summed E-state index contributed by atoms with van der Waals surface area (Å²) in [5.74, 6) is 1.64. The highest BCUT2D eigenvalue weighted by molar-refractivity contribution is 4.91. The van der Waals surface area contributed by atoms with Gasteiger partial charge in [0.05, 0.1) is 0 Å². The average molecular weight is 141 g/mol. The van der Waals surface area contributed by atoms with E-state index in [1.165, 1.54) is 12.8 Å². The molecule has 60 valence electrons. The van der Waals surface area contributed by atoms with Crippen molar-refractivity contribution in [3.63, 3.8) is 0 Å². The van der Waals surface area contributed by atoms with Gasteiger partial charge in [-0.1, -0.05) is 20.8 Å². The molecule has 1 unspecified atom stereocenters. The molecule has 1 nitrogen and oxygen atoms in total. The summed E-state index contributed by atoms with van der Waals surface area (Å²) in [4.78, 5) is 0. The molecule has 0 aromatic heterocycles. The molecule has 1 aliphatic carbocycles. The zero-order chi connectivity index (χ0) is 7.78. The Morgan fingerprint density at radius 3 is 2.30 bits per heavy atom. The first-order chi connectivity index (χ1) is 4.59. The molecule has 0 aromatic carbocycles. The maximum absolute atomic E-state index is 5.62. The van der Waals surface area contributed by atoms with Gasteiger partial charge in [0.2, 0.25) is 0 Å². The Morgan fingerprint density at radius 1 is 1.50 bits per heavy atom. The normalized spacial score (nSPS) is 22.8. The fourth-order valence-corrected chi connectivity index (χ4v) is 1.53. The van der Waals surface area contributed by atoms with Gasteiger partial charge < -0.3 is 5.73 Å². The Balaban J connectivity index is 2.47. The molecule has 1 rings (SSSR count). The van der Waals surface area contributed by atoms with Crippen molar-refractivity contribution in [3.05, 3.63) is 0 Å². The maximum Gasteiger partial charge on any atom is -0.00463 e. The highest BCUT2D eigenvalue weighted by Gasteiger charge is 2.40. The van der Waals surface area contributed by atoms with Crippen molar-refractivity contribution in [2.24, 2.45) is 23.0 Å². The van der Waals surface area contributed by atoms with Crippen LogP contribution in [0.4, 0.5) is 0 Å². The molecule has 0 aliphatic heterocycles. The van der Waals surface area contributed by atoms with E-state index in [1.807, 2.05) is 0 Å². The Hall–Kier alpha value is -0.0400. The predicted octanol–water partition coefficient (Wildman–Crippen LogP) is 2.02. The molecule has 0 aromatic rings. The molecule has 1 aliphatic rings. The molecular formula is C9H19N. The lowest BCUT2D eigenvalue weighted by atomic mass is 9.76. The van der Waals surface area contributed by atoms with Crippen LogP contribution in [0.5, 0.6) is 0 Å². The second-order valence-corrected chi connectivity index (χ2v) is 4.23. The predicted molar refractivity (Wildman–Crippen MR) is 44.7 cm³/mol. The van der Waals surface area contributed by atoms with Gasteiger partial charge in [-0.05, 0) is 36.6 Å². The zero-order valence-electron chi connectivity index (χ0n) is 7.35. The van der Waals surface area contributed by atoms with Crippen LogP contribution in [0.25, 0.3) is 0 Å². The van der Waals surface area contributed by atoms with Crippen molar-refractivity contribution in [1.29, 1.82) is 0 Å². The number of rotatable bonds is 3. The fourth-order valence-electron chi connectivity index (χ4n) is 1.53. The van der Waals surface area contributed by atoms with Gasteiger partial charge in [0.15, 0.2) is 0 Å². The quantitative estimate of drug-likeness (QED) is 0.639. The van der Waals surface area contributed by atoms with Crippen LogP contribution >= 0.6 is 0 Å². The minimum absolute atomic E-state index is 0.495. The molecule has 0 radical (unpaired) electrons. The van der Waals surface area contributed by atoms with E-state index in [0.29, 0.717) is 11.3 Å². The first kappa shape index (κ1) is 8.06. The third-order valence-corrected chi connectivity index (χ3v) is 3.25. The lowest BCUT2D eigenvalue weighted by Gasteiger charge is -2.30. The Morgan fingerprint density at radius 2 is 2.00 bits per heavy atom. The van der Waals surface area contributed by atoms with E-state index in [1.54, 1.807) is 0 Å². The maximum atomic E-state index is 5.62. The summed E-state index contributed by atoms with van der Waals surface area (Å²) in [6, 6.07) is 0. The van der Waals surface area contributed by atoms with Gasteiger partial charge in [-0.25, -0.2) is 0 Å². The second kappa shape index (κ2) is 2.54. The largest absolute Gasteiger partial charge is 0.330 e. The van der Waals surface area contributed by atoms with Gasteiger partial charge in [-0.2, -0.15) is 0 Å². The minimum atomic E-state index is 0.495. The van der Waals surface area contributed by atoms with Crippen LogP contribution in [0.15, 0.2) is 0 Å². The smallest absolute Gasteiger partial charge is 0.00463 e. The highest BCUT2D eigenvalue weighted by Crippen LogP contribution is 2.49.